The fourth-order valence-corrected chi connectivity index (χ4v) is 8.45. The van der Waals surface area contributed by atoms with Gasteiger partial charge in [-0.25, -0.2) is 9.59 Å². The maximum absolute atomic E-state index is 14.5. The number of para-hydroxylation sites is 2. The van der Waals surface area contributed by atoms with Crippen LogP contribution in [0.3, 0.4) is 0 Å². The van der Waals surface area contributed by atoms with Gasteiger partial charge in [-0.1, -0.05) is 36.4 Å². The van der Waals surface area contributed by atoms with Crippen LogP contribution in [-0.2, 0) is 11.5 Å². The molecule has 0 heterocycles. The van der Waals surface area contributed by atoms with Crippen molar-refractivity contribution in [2.75, 3.05) is 11.5 Å². The second-order valence-electron chi connectivity index (χ2n) is 17.4. The van der Waals surface area contributed by atoms with Crippen LogP contribution in [0.1, 0.15) is 55.8 Å². The van der Waals surface area contributed by atoms with Crippen molar-refractivity contribution in [3.63, 3.8) is 0 Å². The number of aryl methyl sites for hydroxylation is 2. The Morgan fingerprint density at radius 2 is 0.560 bits per heavy atom. The number of esters is 2. The predicted octanol–water partition coefficient (Wildman–Crippen LogP) is 18.0. The molecule has 3 aromatic carbocycles. The Morgan fingerprint density at radius 3 is 0.798 bits per heavy atom. The highest BCUT2D eigenvalue weighted by Gasteiger charge is 2.97. The van der Waals surface area contributed by atoms with Crippen LogP contribution in [0.15, 0.2) is 60.7 Å². The zero-order valence-corrected chi connectivity index (χ0v) is 41.9. The SMILES string of the molecule is Cc1cccc(CSCCC(F)(F)C(F)(F)C(F)(F)C(F)(F)C(F)(F)C(F)(F)C(F)(F)C(F)(F)F)c1OC(=O)c1ccc(C(=O)Oc2c(C)cccc2CSCCC(F)(F)C(F)(F)C(F)(F)C(F)(F)C(F)(F)C(F)(F)C(F)(F)C(F)(F)F)cc1. The van der Waals surface area contributed by atoms with E-state index in [1.54, 1.807) is 0 Å². The minimum atomic E-state index is -8.81. The van der Waals surface area contributed by atoms with Crippen molar-refractivity contribution in [3.05, 3.63) is 94.0 Å². The largest absolute Gasteiger partial charge is 0.460 e. The molecule has 84 heavy (non-hydrogen) atoms. The van der Waals surface area contributed by atoms with Crippen LogP contribution in [0.5, 0.6) is 11.5 Å². The number of hydrogen-bond donors (Lipinski definition) is 0. The zero-order valence-electron chi connectivity index (χ0n) is 40.3. The van der Waals surface area contributed by atoms with Gasteiger partial charge in [-0.3, -0.25) is 0 Å². The summed E-state index contributed by atoms with van der Waals surface area (Å²) < 4.78 is 475. The maximum Gasteiger partial charge on any atom is 0.460 e. The van der Waals surface area contributed by atoms with Gasteiger partial charge in [0.05, 0.1) is 11.1 Å². The molecule has 0 aliphatic heterocycles. The number of thioether (sulfide) groups is 2. The summed E-state index contributed by atoms with van der Waals surface area (Å²) in [6.07, 6.45) is -21.4. The van der Waals surface area contributed by atoms with Gasteiger partial charge in [-0.05, 0) is 60.7 Å². The van der Waals surface area contributed by atoms with Crippen LogP contribution in [0, 0.1) is 13.8 Å². The van der Waals surface area contributed by atoms with E-state index in [1.807, 2.05) is 0 Å². The average Bonchev–Trinajstić information content (AvgIpc) is 1.89. The second kappa shape index (κ2) is 23.2. The summed E-state index contributed by atoms with van der Waals surface area (Å²) >= 11 is -0.0447. The first kappa shape index (κ1) is 73.2. The Morgan fingerprint density at radius 1 is 0.333 bits per heavy atom. The summed E-state index contributed by atoms with van der Waals surface area (Å²) in [5.74, 6) is -124. The summed E-state index contributed by atoms with van der Waals surface area (Å²) in [5.41, 5.74) is -1.54. The molecule has 0 spiro atoms. The lowest BCUT2D eigenvalue weighted by Crippen LogP contribution is -2.74. The topological polar surface area (TPSA) is 52.6 Å². The molecule has 0 unspecified atom stereocenters. The second-order valence-corrected chi connectivity index (χ2v) is 19.6. The van der Waals surface area contributed by atoms with Crippen LogP contribution >= 0.6 is 23.5 Å². The highest BCUT2D eigenvalue weighted by atomic mass is 32.2. The van der Waals surface area contributed by atoms with Crippen LogP contribution in [0.4, 0.5) is 149 Å². The van der Waals surface area contributed by atoms with Gasteiger partial charge in [0.25, 0.3) is 0 Å². The molecular formula is C44H28F34O4S2. The molecule has 3 aromatic rings. The lowest BCUT2D eigenvalue weighted by molar-refractivity contribution is -0.461. The van der Waals surface area contributed by atoms with E-state index in [-0.39, 0.29) is 45.8 Å². The molecule has 0 aliphatic carbocycles. The van der Waals surface area contributed by atoms with Gasteiger partial charge < -0.3 is 9.47 Å². The third-order valence-electron chi connectivity index (χ3n) is 11.5. The predicted molar refractivity (Wildman–Crippen MR) is 222 cm³/mol. The van der Waals surface area contributed by atoms with Crippen LogP contribution < -0.4 is 9.47 Å². The van der Waals surface area contributed by atoms with Gasteiger partial charge >= 0.3 is 107 Å². The summed E-state index contributed by atoms with van der Waals surface area (Å²) in [6.45, 7) is 2.39. The van der Waals surface area contributed by atoms with Crippen molar-refractivity contribution in [2.24, 2.45) is 0 Å². The molecule has 0 saturated heterocycles. The highest BCUT2D eigenvalue weighted by Crippen LogP contribution is 2.66. The molecule has 0 atom stereocenters. The van der Waals surface area contributed by atoms with Crippen molar-refractivity contribution in [3.8, 4) is 11.5 Å². The molecule has 0 aliphatic rings. The minimum Gasteiger partial charge on any atom is -0.422 e. The normalized spacial score (nSPS) is 14.9. The molecular weight excluding hydrogens is 1300 g/mol. The molecule has 0 N–H and O–H groups in total. The Balaban J connectivity index is 1.72. The van der Waals surface area contributed by atoms with E-state index >= 15 is 0 Å². The van der Waals surface area contributed by atoms with E-state index < -0.39 is 166 Å². The highest BCUT2D eigenvalue weighted by molar-refractivity contribution is 7.98. The summed E-state index contributed by atoms with van der Waals surface area (Å²) in [5, 5.41) is 0. The van der Waals surface area contributed by atoms with Crippen LogP contribution in [0.25, 0.3) is 0 Å². The third-order valence-corrected chi connectivity index (χ3v) is 13.6. The number of ether oxygens (including phenoxy) is 2. The van der Waals surface area contributed by atoms with Gasteiger partial charge in [-0.2, -0.15) is 173 Å². The fraction of sp³-hybridized carbons (Fsp3) is 0.545. The van der Waals surface area contributed by atoms with E-state index in [0.29, 0.717) is 0 Å². The quantitative estimate of drug-likeness (QED) is 0.0346. The Kier molecular flexibility index (Phi) is 20.2. The molecule has 0 bridgehead atoms. The first-order valence-corrected chi connectivity index (χ1v) is 23.8. The number of alkyl halides is 34. The summed E-state index contributed by atoms with van der Waals surface area (Å²) in [6, 6.07) is 10.1. The number of carbonyl (C=O) groups is 2. The van der Waals surface area contributed by atoms with Gasteiger partial charge in [0, 0.05) is 35.5 Å². The lowest BCUT2D eigenvalue weighted by atomic mass is 9.88. The Hall–Kier alpha value is -5.08. The molecule has 478 valence electrons. The van der Waals surface area contributed by atoms with Crippen molar-refractivity contribution < 1.29 is 168 Å². The Bertz CT molecular complexity index is 2640. The molecule has 0 amide bonds. The minimum absolute atomic E-state index is 0.0190. The number of carbonyl (C=O) groups excluding carboxylic acids is 2. The average molecular weight is 1330 g/mol. The number of hydrogen-bond acceptors (Lipinski definition) is 6. The van der Waals surface area contributed by atoms with E-state index in [9.17, 15) is 159 Å². The monoisotopic (exact) mass is 1330 g/mol. The Labute approximate surface area is 453 Å². The van der Waals surface area contributed by atoms with Gasteiger partial charge in [0.15, 0.2) is 0 Å². The van der Waals surface area contributed by atoms with E-state index in [1.165, 1.54) is 26.0 Å². The smallest absolute Gasteiger partial charge is 0.422 e. The maximum atomic E-state index is 14.5. The number of halogens is 34. The summed E-state index contributed by atoms with van der Waals surface area (Å²) in [7, 11) is 0. The van der Waals surface area contributed by atoms with Crippen molar-refractivity contribution in [1.82, 2.24) is 0 Å². The third kappa shape index (κ3) is 12.2. The molecule has 4 nitrogen and oxygen atoms in total. The number of rotatable bonds is 26. The first-order valence-electron chi connectivity index (χ1n) is 21.5. The zero-order chi connectivity index (χ0) is 65.9. The van der Waals surface area contributed by atoms with Gasteiger partial charge in [0.1, 0.15) is 11.5 Å². The van der Waals surface area contributed by atoms with E-state index in [4.69, 9.17) is 9.47 Å². The van der Waals surface area contributed by atoms with Crippen molar-refractivity contribution in [1.29, 1.82) is 0 Å². The molecule has 3 rings (SSSR count). The lowest BCUT2D eigenvalue weighted by Gasteiger charge is -2.42. The van der Waals surface area contributed by atoms with Crippen LogP contribution in [0.2, 0.25) is 0 Å². The van der Waals surface area contributed by atoms with E-state index in [2.05, 4.69) is 0 Å². The van der Waals surface area contributed by atoms with Crippen LogP contribution in [-0.4, -0.2) is 119 Å². The molecule has 0 saturated carbocycles. The van der Waals surface area contributed by atoms with Crippen molar-refractivity contribution in [2.45, 2.75) is 133 Å². The molecule has 40 heteroatoms. The fourth-order valence-electron chi connectivity index (χ4n) is 6.46. The standard InChI is InChI=1S/C44H28F34O4S2/c1-19-5-3-7-23(17-83-15-13-29(45,46)31(49,50)33(53,54)35(57,58)37(61,62)39(65,66)41(69,70)43(73,74)75)25(19)81-27(79)21-9-11-22(12-10-21)28(80)82-26-20(2)6-4-8-24(26)18-84-16-14-30(47,48)32(51,52)34(55,56)36(59,60)38(63,64)40(67,68)42(71,72)44(76,77)78/h3-12H,13-18H2,1-2H3. The summed E-state index contributed by atoms with van der Waals surface area (Å²) in [4.78, 5) is 26.2. The van der Waals surface area contributed by atoms with Crippen molar-refractivity contribution >= 4 is 35.5 Å². The van der Waals surface area contributed by atoms with Gasteiger partial charge in [0.2, 0.25) is 0 Å². The molecule has 0 fully saturated rings. The van der Waals surface area contributed by atoms with Gasteiger partial charge in [-0.15, -0.1) is 0 Å². The van der Waals surface area contributed by atoms with E-state index in [0.717, 1.165) is 48.5 Å². The first-order chi connectivity index (χ1) is 37.2. The molecule has 0 aromatic heterocycles. The molecule has 0 radical (unpaired) electrons. The number of benzene rings is 3.